The lowest BCUT2D eigenvalue weighted by atomic mass is 9.72. The third-order valence-electron chi connectivity index (χ3n) is 3.93. The highest BCUT2D eigenvalue weighted by atomic mass is 14.9. The van der Waals surface area contributed by atoms with Crippen LogP contribution in [0.1, 0.15) is 22.6 Å². The first-order valence-corrected chi connectivity index (χ1v) is 6.52. The maximum absolute atomic E-state index is 4.19. The molecule has 1 N–H and O–H groups in total. The molecule has 92 valence electrons. The Morgan fingerprint density at radius 3 is 2.89 bits per heavy atom. The lowest BCUT2D eigenvalue weighted by Crippen LogP contribution is -2.39. The van der Waals surface area contributed by atoms with Crippen LogP contribution >= 0.6 is 0 Å². The molecule has 1 heterocycles. The number of aromatic nitrogens is 1. The summed E-state index contributed by atoms with van der Waals surface area (Å²) in [5.74, 6) is 0.645. The molecule has 0 radical (unpaired) electrons. The summed E-state index contributed by atoms with van der Waals surface area (Å²) in [7, 11) is 2.06. The van der Waals surface area contributed by atoms with Gasteiger partial charge in [-0.15, -0.1) is 0 Å². The zero-order valence-corrected chi connectivity index (χ0v) is 10.6. The highest BCUT2D eigenvalue weighted by Gasteiger charge is 2.31. The number of hydrogen-bond acceptors (Lipinski definition) is 2. The van der Waals surface area contributed by atoms with E-state index < -0.39 is 0 Å². The van der Waals surface area contributed by atoms with Gasteiger partial charge < -0.3 is 5.32 Å². The Bertz CT molecular complexity index is 522. The molecule has 2 heteroatoms. The Kier molecular flexibility index (Phi) is 3.11. The number of hydrogen-bond donors (Lipinski definition) is 1. The number of likely N-dealkylation sites (N-methyl/N-ethyl adjacent to an activating group) is 1. The van der Waals surface area contributed by atoms with Crippen molar-refractivity contribution >= 4 is 0 Å². The summed E-state index contributed by atoms with van der Waals surface area (Å²) < 4.78 is 0. The third-order valence-corrected chi connectivity index (χ3v) is 3.93. The molecule has 1 aliphatic rings. The van der Waals surface area contributed by atoms with Crippen LogP contribution in [0.3, 0.4) is 0 Å². The van der Waals surface area contributed by atoms with Gasteiger partial charge in [-0.25, -0.2) is 0 Å². The van der Waals surface area contributed by atoms with Crippen molar-refractivity contribution in [1.29, 1.82) is 0 Å². The molecule has 0 saturated carbocycles. The Labute approximate surface area is 108 Å². The monoisotopic (exact) mass is 238 g/mol. The maximum Gasteiger partial charge on any atom is 0.0300 e. The van der Waals surface area contributed by atoms with Crippen LogP contribution in [0.4, 0.5) is 0 Å². The molecule has 1 aromatic carbocycles. The van der Waals surface area contributed by atoms with E-state index in [1.54, 1.807) is 0 Å². The van der Waals surface area contributed by atoms with E-state index in [1.807, 2.05) is 18.5 Å². The molecule has 0 aliphatic heterocycles. The molecular formula is C16H18N2. The molecule has 0 saturated heterocycles. The molecule has 3 rings (SSSR count). The van der Waals surface area contributed by atoms with E-state index in [1.165, 1.54) is 23.1 Å². The summed E-state index contributed by atoms with van der Waals surface area (Å²) in [6.07, 6.45) is 6.04. The Morgan fingerprint density at radius 2 is 2.17 bits per heavy atom. The predicted molar refractivity (Wildman–Crippen MR) is 73.7 cm³/mol. The van der Waals surface area contributed by atoms with Crippen LogP contribution in [0.15, 0.2) is 48.8 Å². The van der Waals surface area contributed by atoms with Gasteiger partial charge in [0.25, 0.3) is 0 Å². The fourth-order valence-corrected chi connectivity index (χ4v) is 2.87. The van der Waals surface area contributed by atoms with E-state index in [2.05, 4.69) is 47.7 Å². The second-order valence-corrected chi connectivity index (χ2v) is 4.97. The fourth-order valence-electron chi connectivity index (χ4n) is 2.87. The number of fused-ring (bicyclic) bond motifs is 1. The maximum atomic E-state index is 4.19. The minimum absolute atomic E-state index is 0.504. The Morgan fingerprint density at radius 1 is 1.28 bits per heavy atom. The molecular weight excluding hydrogens is 220 g/mol. The zero-order valence-electron chi connectivity index (χ0n) is 10.6. The van der Waals surface area contributed by atoms with Crippen LogP contribution in [0.5, 0.6) is 0 Å². The van der Waals surface area contributed by atoms with Crippen molar-refractivity contribution in [3.63, 3.8) is 0 Å². The molecule has 2 aromatic rings. The van der Waals surface area contributed by atoms with Crippen LogP contribution in [-0.2, 0) is 12.8 Å². The van der Waals surface area contributed by atoms with Crippen molar-refractivity contribution in [2.45, 2.75) is 24.8 Å². The molecule has 0 amide bonds. The molecule has 1 aliphatic carbocycles. The van der Waals surface area contributed by atoms with Gasteiger partial charge in [0.1, 0.15) is 0 Å². The van der Waals surface area contributed by atoms with Crippen molar-refractivity contribution in [3.8, 4) is 0 Å². The summed E-state index contributed by atoms with van der Waals surface area (Å²) >= 11 is 0. The highest BCUT2D eigenvalue weighted by Crippen LogP contribution is 2.38. The minimum Gasteiger partial charge on any atom is -0.316 e. The molecule has 1 aromatic heterocycles. The normalized spacial score (nSPS) is 18.8. The standard InChI is InChI=1S/C16H18N2/c1-17-16(9-12-5-4-8-18-11-12)15-10-13-6-2-3-7-14(13)15/h2-8,11,15-17H,9-10H2,1H3. The number of benzene rings is 1. The first-order valence-electron chi connectivity index (χ1n) is 6.52. The fraction of sp³-hybridized carbons (Fsp3) is 0.312. The molecule has 18 heavy (non-hydrogen) atoms. The number of pyridine rings is 1. The van der Waals surface area contributed by atoms with Crippen LogP contribution in [0.2, 0.25) is 0 Å². The van der Waals surface area contributed by atoms with Gasteiger partial charge >= 0.3 is 0 Å². The van der Waals surface area contributed by atoms with Gasteiger partial charge in [0.05, 0.1) is 0 Å². The quantitative estimate of drug-likeness (QED) is 0.885. The highest BCUT2D eigenvalue weighted by molar-refractivity contribution is 5.41. The van der Waals surface area contributed by atoms with E-state index in [0.29, 0.717) is 12.0 Å². The van der Waals surface area contributed by atoms with Crippen molar-refractivity contribution in [3.05, 3.63) is 65.5 Å². The van der Waals surface area contributed by atoms with Crippen molar-refractivity contribution in [2.24, 2.45) is 0 Å². The topological polar surface area (TPSA) is 24.9 Å². The average molecular weight is 238 g/mol. The van der Waals surface area contributed by atoms with Gasteiger partial charge in [-0.2, -0.15) is 0 Å². The molecule has 2 nitrogen and oxygen atoms in total. The summed E-state index contributed by atoms with van der Waals surface area (Å²) in [5.41, 5.74) is 4.33. The van der Waals surface area contributed by atoms with E-state index in [0.717, 1.165) is 6.42 Å². The minimum atomic E-state index is 0.504. The van der Waals surface area contributed by atoms with E-state index in [4.69, 9.17) is 0 Å². The van der Waals surface area contributed by atoms with Crippen molar-refractivity contribution in [2.75, 3.05) is 7.05 Å². The van der Waals surface area contributed by atoms with Gasteiger partial charge in [-0.3, -0.25) is 4.98 Å². The number of rotatable bonds is 4. The van der Waals surface area contributed by atoms with Gasteiger partial charge in [0.15, 0.2) is 0 Å². The predicted octanol–water partition coefficient (Wildman–Crippen LogP) is 2.55. The molecule has 0 bridgehead atoms. The average Bonchev–Trinajstić information content (AvgIpc) is 2.40. The van der Waals surface area contributed by atoms with E-state index >= 15 is 0 Å². The summed E-state index contributed by atoms with van der Waals surface area (Å²) in [6, 6.07) is 13.4. The van der Waals surface area contributed by atoms with Crippen LogP contribution in [0.25, 0.3) is 0 Å². The van der Waals surface area contributed by atoms with Crippen LogP contribution in [-0.4, -0.2) is 18.1 Å². The van der Waals surface area contributed by atoms with E-state index in [-0.39, 0.29) is 0 Å². The van der Waals surface area contributed by atoms with Crippen molar-refractivity contribution in [1.82, 2.24) is 10.3 Å². The molecule has 2 atom stereocenters. The lowest BCUT2D eigenvalue weighted by Gasteiger charge is -2.36. The van der Waals surface area contributed by atoms with Gasteiger partial charge in [-0.05, 0) is 42.6 Å². The van der Waals surface area contributed by atoms with Crippen LogP contribution in [0, 0.1) is 0 Å². The molecule has 0 spiro atoms. The zero-order chi connectivity index (χ0) is 12.4. The second kappa shape index (κ2) is 4.91. The van der Waals surface area contributed by atoms with Crippen molar-refractivity contribution < 1.29 is 0 Å². The second-order valence-electron chi connectivity index (χ2n) is 4.97. The Hall–Kier alpha value is -1.67. The SMILES string of the molecule is CNC(Cc1cccnc1)C1Cc2ccccc21. The summed E-state index contributed by atoms with van der Waals surface area (Å²) in [5, 5.41) is 3.47. The third kappa shape index (κ3) is 2.04. The van der Waals surface area contributed by atoms with Gasteiger partial charge in [0.2, 0.25) is 0 Å². The Balaban J connectivity index is 1.75. The summed E-state index contributed by atoms with van der Waals surface area (Å²) in [4.78, 5) is 4.19. The summed E-state index contributed by atoms with van der Waals surface area (Å²) in [6.45, 7) is 0. The lowest BCUT2D eigenvalue weighted by molar-refractivity contribution is 0.422. The van der Waals surface area contributed by atoms with Gasteiger partial charge in [-0.1, -0.05) is 30.3 Å². The first-order chi connectivity index (χ1) is 8.88. The van der Waals surface area contributed by atoms with E-state index in [9.17, 15) is 0 Å². The largest absolute Gasteiger partial charge is 0.316 e. The number of nitrogens with zero attached hydrogens (tertiary/aromatic N) is 1. The first kappa shape index (κ1) is 11.4. The smallest absolute Gasteiger partial charge is 0.0300 e. The van der Waals surface area contributed by atoms with Gasteiger partial charge in [0, 0.05) is 24.4 Å². The molecule has 2 unspecified atom stereocenters. The molecule has 0 fully saturated rings. The van der Waals surface area contributed by atoms with Crippen LogP contribution < -0.4 is 5.32 Å². The number of nitrogens with one attached hydrogen (secondary N) is 1.